The van der Waals surface area contributed by atoms with Crippen LogP contribution in [0.4, 0.5) is 0 Å². The molecule has 41 nitrogen and oxygen atoms in total. The number of nitrogens with one attached hydrogen (secondary N) is 4. The molecule has 0 aliphatic heterocycles. The van der Waals surface area contributed by atoms with Crippen molar-refractivity contribution in [3.05, 3.63) is 137 Å². The molecule has 12 aromatic heterocycles. The fourth-order valence-electron chi connectivity index (χ4n) is 8.08. The lowest BCUT2D eigenvalue weighted by Crippen LogP contribution is -2.24. The zero-order chi connectivity index (χ0) is 66.2. The van der Waals surface area contributed by atoms with E-state index in [4.69, 9.17) is 35.8 Å². The first kappa shape index (κ1) is 54.7. The SMILES string of the molecule is [3H]n1ccc(OCc2c(C#C)nn(C)c2-n2nnn(C)c2=O)n1.[3H]n1ccc(OCc2c(C)nn(C)c2-n2nnn(C)c2=O)n1.[3H]n1ccc(OCc2c(C=C)nn(C)c2-n2nnn(C)c2=O)n1.[3H]n1ccc(OCc2c(OCC)nn(C)c2-n2nnn(C)c2=O)n1. The molecule has 458 valence electrons. The maximum Gasteiger partial charge on any atom is 0.369 e. The zero-order valence-electron chi connectivity index (χ0n) is 52.5. The Balaban J connectivity index is 0.000000145. The molecular formula is C47H56N32O9. The molecule has 4 N–H and O–H groups in total. The average Bonchev–Trinajstić information content (AvgIpc) is 1.69. The van der Waals surface area contributed by atoms with E-state index < -0.39 is 17.1 Å². The van der Waals surface area contributed by atoms with Gasteiger partial charge >= 0.3 is 22.8 Å². The van der Waals surface area contributed by atoms with Gasteiger partial charge in [0.05, 0.1) is 40.2 Å². The fourth-order valence-corrected chi connectivity index (χ4v) is 8.08. The van der Waals surface area contributed by atoms with Crippen molar-refractivity contribution in [2.45, 2.75) is 40.3 Å². The number of H-pyrrole nitrogens is 4. The number of tetrazole rings is 4. The largest absolute Gasteiger partial charge is 0.477 e. The standard InChI is InChI=1S/C12H16N8O3.C12H14N8O2.C12H12N8O2.C11H14N8O2/c1-4-22-10-8(7-23-9-5-6-13-14-9)11(18(2)15-10)20-12(21)19(3)16-17-20;2*1-4-9-8(7-22-10-5-6-13-14-10)11(18(2)15-9)20-12(21)19(3)16-17-20;1-7-8(6-21-9-4-5-12-13-9)10(17(2)14-7)19-11(20)18(3)15-16-19/h5-6H,4,7H2,1-3H3,(H,13,14);4-6H,1,7H2,2-3H3,(H,13,14);1,5-6H,7H2,2-3H3,(H,13,14);4-5H,6H2,1-3H3,(H,12,13)/i/hT4. The number of aryl methyl sites for hydroxylation is 9. The Morgan fingerprint density at radius 3 is 1.18 bits per heavy atom. The zero-order valence-corrected chi connectivity index (χ0v) is 48.5. The van der Waals surface area contributed by atoms with Gasteiger partial charge in [0.1, 0.15) is 32.1 Å². The Hall–Kier alpha value is -12.5. The number of ether oxygens (including phenoxy) is 5. The third-order valence-electron chi connectivity index (χ3n) is 12.2. The molecule has 0 atom stereocenters. The molecule has 12 heterocycles. The third-order valence-corrected chi connectivity index (χ3v) is 12.2. The third kappa shape index (κ3) is 12.7. The van der Waals surface area contributed by atoms with Gasteiger partial charge in [0.15, 0.2) is 28.9 Å². The summed E-state index contributed by atoms with van der Waals surface area (Å²) in [5.41, 5.74) is 2.30. The highest BCUT2D eigenvalue weighted by molar-refractivity contribution is 5.53. The smallest absolute Gasteiger partial charge is 0.369 e. The highest BCUT2D eigenvalue weighted by Gasteiger charge is 2.26. The van der Waals surface area contributed by atoms with Gasteiger partial charge in [-0.05, 0) is 67.6 Å². The summed E-state index contributed by atoms with van der Waals surface area (Å²) in [6, 6.07) is 6.23. The number of rotatable bonds is 19. The first-order valence-electron chi connectivity index (χ1n) is 27.4. The summed E-state index contributed by atoms with van der Waals surface area (Å²) in [7, 11) is 12.7. The van der Waals surface area contributed by atoms with E-state index in [2.05, 4.69) is 95.0 Å². The lowest BCUT2D eigenvalue weighted by Gasteiger charge is -2.06. The molecule has 12 rings (SSSR count). The van der Waals surface area contributed by atoms with E-state index in [1.165, 1.54) is 77.8 Å². The summed E-state index contributed by atoms with van der Waals surface area (Å²) in [5.74, 6) is 5.58. The minimum atomic E-state index is -0.437. The van der Waals surface area contributed by atoms with Crippen molar-refractivity contribution in [2.24, 2.45) is 56.4 Å². The van der Waals surface area contributed by atoms with Crippen LogP contribution in [0.2, 0.25) is 5.65 Å². The van der Waals surface area contributed by atoms with Gasteiger partial charge in [0, 0.05) is 105 Å². The van der Waals surface area contributed by atoms with Crippen LogP contribution in [0.25, 0.3) is 29.3 Å². The number of terminal acetylenes is 1. The van der Waals surface area contributed by atoms with Crippen molar-refractivity contribution in [2.75, 3.05) is 6.61 Å². The molecule has 0 unspecified atom stereocenters. The van der Waals surface area contributed by atoms with Gasteiger partial charge in [-0.1, -0.05) is 6.58 Å². The number of hydrogen-bond acceptors (Lipinski definition) is 25. The number of aromatic nitrogens is 32. The van der Waals surface area contributed by atoms with Crippen molar-refractivity contribution >= 4 is 6.08 Å². The molecule has 0 fully saturated rings. The summed E-state index contributed by atoms with van der Waals surface area (Å²) < 4.78 is 71.9. The monoisotopic (exact) mass is 1220 g/mol. The molecule has 88 heavy (non-hydrogen) atoms. The van der Waals surface area contributed by atoms with Crippen molar-refractivity contribution in [3.8, 4) is 65.0 Å². The van der Waals surface area contributed by atoms with Crippen LogP contribution in [0.1, 0.15) is 46.3 Å². The van der Waals surface area contributed by atoms with Crippen LogP contribution in [0.15, 0.2) is 74.8 Å². The van der Waals surface area contributed by atoms with Crippen molar-refractivity contribution in [3.63, 3.8) is 0 Å². The highest BCUT2D eigenvalue weighted by Crippen LogP contribution is 2.26. The Morgan fingerprint density at radius 2 is 0.818 bits per heavy atom. The minimum absolute atomic E-state index is 0.0166. The first-order valence-corrected chi connectivity index (χ1v) is 25.6. The van der Waals surface area contributed by atoms with E-state index in [-0.39, 0.29) is 49.8 Å². The molecule has 0 aliphatic carbocycles. The molecule has 0 amide bonds. The van der Waals surface area contributed by atoms with E-state index in [1.807, 2.05) is 13.8 Å². The Bertz CT molecular complexity index is 4860. The summed E-state index contributed by atoms with van der Waals surface area (Å²) in [6.07, 6.45) is 12.8. The van der Waals surface area contributed by atoms with E-state index in [0.717, 1.165) is 53.1 Å². The van der Waals surface area contributed by atoms with E-state index in [1.54, 1.807) is 57.1 Å². The Labute approximate surface area is 498 Å². The van der Waals surface area contributed by atoms with Gasteiger partial charge in [0.2, 0.25) is 29.4 Å². The predicted octanol–water partition coefficient (Wildman–Crippen LogP) is -2.66. The van der Waals surface area contributed by atoms with Crippen LogP contribution in [0, 0.1) is 19.3 Å². The molecule has 0 saturated heterocycles. The maximum absolute atomic E-state index is 12.2. The molecule has 0 radical (unpaired) electrons. The van der Waals surface area contributed by atoms with E-state index >= 15 is 0 Å². The summed E-state index contributed by atoms with van der Waals surface area (Å²) in [4.78, 5) is 48.4. The predicted molar refractivity (Wildman–Crippen MR) is 299 cm³/mol. The fraction of sp³-hybridized carbons (Fsp3) is 0.319. The van der Waals surface area contributed by atoms with Gasteiger partial charge in [-0.25, -0.2) is 33.2 Å². The molecule has 0 aliphatic rings. The van der Waals surface area contributed by atoms with Crippen LogP contribution in [-0.4, -0.2) is 166 Å². The second-order valence-electron chi connectivity index (χ2n) is 17.9. The van der Waals surface area contributed by atoms with Gasteiger partial charge in [-0.3, -0.25) is 25.0 Å². The van der Waals surface area contributed by atoms with Crippen molar-refractivity contribution in [1.29, 1.82) is 0 Å². The second kappa shape index (κ2) is 26.4. The van der Waals surface area contributed by atoms with Crippen LogP contribution in [0.3, 0.4) is 0 Å². The second-order valence-corrected chi connectivity index (χ2v) is 17.9. The molecule has 41 heteroatoms. The number of hydrogen-bond donors (Lipinski definition) is 4. The average molecular weight is 1220 g/mol. The topological polar surface area (TPSA) is 443 Å². The molecule has 0 spiro atoms. The van der Waals surface area contributed by atoms with E-state index in [9.17, 15) is 19.2 Å². The van der Waals surface area contributed by atoms with Gasteiger partial charge in [-0.2, -0.15) is 34.0 Å². The lowest BCUT2D eigenvalue weighted by molar-refractivity contribution is 0.274. The highest BCUT2D eigenvalue weighted by atomic mass is 16.5. The number of aromatic amines is 4. The molecule has 0 bridgehead atoms. The summed E-state index contributed by atoms with van der Waals surface area (Å²) in [5, 5.41) is 65.9. The molecular weight excluding hydrogens is 1160 g/mol. The Kier molecular flexibility index (Phi) is 16.4. The van der Waals surface area contributed by atoms with Crippen LogP contribution < -0.4 is 46.4 Å². The lowest BCUT2D eigenvalue weighted by atomic mass is 10.2. The molecule has 12 aromatic rings. The van der Waals surface area contributed by atoms with Crippen LogP contribution in [0.5, 0.6) is 29.4 Å². The molecule has 0 saturated carbocycles. The number of nitrogens with zero attached hydrogens (tertiary/aromatic N) is 28. The van der Waals surface area contributed by atoms with Gasteiger partial charge < -0.3 is 23.7 Å². The first-order chi connectivity index (χ1) is 44.0. The van der Waals surface area contributed by atoms with E-state index in [0.29, 0.717) is 81.0 Å². The van der Waals surface area contributed by atoms with Gasteiger partial charge in [-0.15, -0.1) is 50.6 Å². The van der Waals surface area contributed by atoms with Crippen LogP contribution in [-0.2, 0) is 82.8 Å². The minimum Gasteiger partial charge on any atom is -0.477 e. The summed E-state index contributed by atoms with van der Waals surface area (Å²) in [6.45, 7) is 8.05. The van der Waals surface area contributed by atoms with Gasteiger partial charge in [0.25, 0.3) is 0 Å². The van der Waals surface area contributed by atoms with Crippen molar-refractivity contribution < 1.29 is 29.3 Å². The quantitative estimate of drug-likeness (QED) is 0.0600. The normalized spacial score (nSPS) is 11.5. The Morgan fingerprint density at radius 1 is 0.477 bits per heavy atom. The summed E-state index contributed by atoms with van der Waals surface area (Å²) >= 11 is 0. The molecule has 0 aromatic carbocycles. The van der Waals surface area contributed by atoms with Crippen molar-refractivity contribution in [1.82, 2.24) is 159 Å². The van der Waals surface area contributed by atoms with Crippen LogP contribution >= 0.6 is 0 Å². The maximum atomic E-state index is 12.2.